The topological polar surface area (TPSA) is 77.2 Å². The monoisotopic (exact) mass is 493 g/mol. The SMILES string of the molecule is O=C(c1cccc(CN2C(=O)N(c3ccc(C4CNNC4)cc3)CC23CCOCC3)c1)N1CC(F)C1. The van der Waals surface area contributed by atoms with Crippen molar-refractivity contribution in [1.82, 2.24) is 20.7 Å². The predicted molar refractivity (Wildman–Crippen MR) is 133 cm³/mol. The van der Waals surface area contributed by atoms with Crippen molar-refractivity contribution in [3.63, 3.8) is 0 Å². The van der Waals surface area contributed by atoms with Gasteiger partial charge in [-0.2, -0.15) is 0 Å². The van der Waals surface area contributed by atoms with E-state index in [1.165, 1.54) is 10.5 Å². The maximum Gasteiger partial charge on any atom is 0.325 e. The van der Waals surface area contributed by atoms with Gasteiger partial charge >= 0.3 is 6.03 Å². The van der Waals surface area contributed by atoms with E-state index >= 15 is 0 Å². The molecule has 4 saturated heterocycles. The number of nitrogens with one attached hydrogen (secondary N) is 2. The first kappa shape index (κ1) is 23.4. The lowest BCUT2D eigenvalue weighted by atomic mass is 9.88. The predicted octanol–water partition coefficient (Wildman–Crippen LogP) is 2.66. The Morgan fingerprint density at radius 3 is 2.47 bits per heavy atom. The first-order valence-corrected chi connectivity index (χ1v) is 12.8. The number of nitrogens with zero attached hydrogens (tertiary/aromatic N) is 3. The summed E-state index contributed by atoms with van der Waals surface area (Å²) in [5.41, 5.74) is 9.61. The third-order valence-corrected chi connectivity index (χ3v) is 8.05. The van der Waals surface area contributed by atoms with E-state index in [2.05, 4.69) is 23.0 Å². The standard InChI is InChI=1S/C27H32FN5O3/c28-23-16-31(17-23)25(34)21-3-1-2-19(12-21)15-33-26(35)32(18-27(33)8-10-36-11-9-27)24-6-4-20(5-7-24)22-13-29-30-14-22/h1-7,12,22-23,29-30H,8-11,13-18H2. The number of ether oxygens (including phenoxy) is 1. The summed E-state index contributed by atoms with van der Waals surface area (Å²) >= 11 is 0. The molecular formula is C27H32FN5O3. The van der Waals surface area contributed by atoms with Crippen LogP contribution in [-0.4, -0.2) is 79.4 Å². The summed E-state index contributed by atoms with van der Waals surface area (Å²) in [4.78, 5) is 31.9. The largest absolute Gasteiger partial charge is 0.381 e. The van der Waals surface area contributed by atoms with E-state index in [1.54, 1.807) is 6.07 Å². The van der Waals surface area contributed by atoms with Crippen LogP contribution in [0.15, 0.2) is 48.5 Å². The van der Waals surface area contributed by atoms with Crippen molar-refractivity contribution >= 4 is 17.6 Å². The number of benzene rings is 2. The molecule has 0 aromatic heterocycles. The van der Waals surface area contributed by atoms with Crippen molar-refractivity contribution in [1.29, 1.82) is 0 Å². The highest BCUT2D eigenvalue weighted by atomic mass is 19.1. The van der Waals surface area contributed by atoms with Crippen molar-refractivity contribution in [3.8, 4) is 0 Å². The smallest absolute Gasteiger partial charge is 0.325 e. The number of hydrogen-bond acceptors (Lipinski definition) is 5. The molecule has 0 atom stereocenters. The molecule has 36 heavy (non-hydrogen) atoms. The van der Waals surface area contributed by atoms with Gasteiger partial charge in [0.1, 0.15) is 6.17 Å². The van der Waals surface area contributed by atoms with E-state index in [0.29, 0.717) is 37.8 Å². The first-order valence-electron chi connectivity index (χ1n) is 12.8. The molecule has 6 rings (SSSR count). The van der Waals surface area contributed by atoms with Crippen LogP contribution in [0.5, 0.6) is 0 Å². The van der Waals surface area contributed by atoms with E-state index in [4.69, 9.17) is 4.74 Å². The van der Waals surface area contributed by atoms with Gasteiger partial charge in [-0.15, -0.1) is 0 Å². The van der Waals surface area contributed by atoms with Crippen molar-refractivity contribution in [2.24, 2.45) is 0 Å². The van der Waals surface area contributed by atoms with E-state index in [-0.39, 0.29) is 30.6 Å². The second kappa shape index (κ2) is 9.46. The lowest BCUT2D eigenvalue weighted by Gasteiger charge is -2.40. The van der Waals surface area contributed by atoms with Gasteiger partial charge in [0.05, 0.1) is 25.2 Å². The highest BCUT2D eigenvalue weighted by Crippen LogP contribution is 2.39. The molecule has 8 nitrogen and oxygen atoms in total. The van der Waals surface area contributed by atoms with E-state index in [9.17, 15) is 14.0 Å². The summed E-state index contributed by atoms with van der Waals surface area (Å²) in [6.07, 6.45) is 0.618. The highest BCUT2D eigenvalue weighted by Gasteiger charge is 2.50. The number of likely N-dealkylation sites (tertiary alicyclic amines) is 1. The minimum absolute atomic E-state index is 0.0198. The maximum atomic E-state index is 13.8. The van der Waals surface area contributed by atoms with Crippen LogP contribution in [-0.2, 0) is 11.3 Å². The second-order valence-corrected chi connectivity index (χ2v) is 10.3. The van der Waals surface area contributed by atoms with Gasteiger partial charge in [0, 0.05) is 50.0 Å². The number of alkyl halides is 1. The Balaban J connectivity index is 1.23. The molecule has 0 saturated carbocycles. The Morgan fingerprint density at radius 1 is 1.06 bits per heavy atom. The van der Waals surface area contributed by atoms with Gasteiger partial charge in [0.2, 0.25) is 0 Å². The van der Waals surface area contributed by atoms with Crippen LogP contribution in [0.25, 0.3) is 0 Å². The number of amides is 3. The summed E-state index contributed by atoms with van der Waals surface area (Å²) < 4.78 is 18.9. The van der Waals surface area contributed by atoms with Crippen LogP contribution < -0.4 is 15.8 Å². The fourth-order valence-corrected chi connectivity index (χ4v) is 5.80. The summed E-state index contributed by atoms with van der Waals surface area (Å²) in [6.45, 7) is 4.37. The maximum absolute atomic E-state index is 13.8. The molecule has 0 unspecified atom stereocenters. The van der Waals surface area contributed by atoms with Gasteiger partial charge in [0.25, 0.3) is 5.91 Å². The van der Waals surface area contributed by atoms with Gasteiger partial charge in [0.15, 0.2) is 0 Å². The molecule has 4 fully saturated rings. The second-order valence-electron chi connectivity index (χ2n) is 10.3. The number of anilines is 1. The number of carbonyl (C=O) groups excluding carboxylic acids is 2. The average Bonchev–Trinajstić information content (AvgIpc) is 3.51. The molecular weight excluding hydrogens is 461 g/mol. The summed E-state index contributed by atoms with van der Waals surface area (Å²) in [7, 11) is 0. The van der Waals surface area contributed by atoms with Crippen LogP contribution >= 0.6 is 0 Å². The van der Waals surface area contributed by atoms with Gasteiger partial charge in [-0.1, -0.05) is 24.3 Å². The lowest BCUT2D eigenvalue weighted by molar-refractivity contribution is 0.00610. The molecule has 0 aliphatic carbocycles. The minimum Gasteiger partial charge on any atom is -0.381 e. The summed E-state index contributed by atoms with van der Waals surface area (Å²) in [5, 5.41) is 0. The average molecular weight is 494 g/mol. The van der Waals surface area contributed by atoms with Crippen molar-refractivity contribution in [2.75, 3.05) is 50.8 Å². The molecule has 4 aliphatic rings. The Kier molecular flexibility index (Phi) is 6.15. The molecule has 2 aromatic carbocycles. The van der Waals surface area contributed by atoms with E-state index in [0.717, 1.165) is 37.2 Å². The quantitative estimate of drug-likeness (QED) is 0.670. The van der Waals surface area contributed by atoms with Crippen molar-refractivity contribution in [2.45, 2.75) is 37.0 Å². The van der Waals surface area contributed by atoms with Crippen LogP contribution in [0.4, 0.5) is 14.9 Å². The molecule has 190 valence electrons. The molecule has 4 aliphatic heterocycles. The summed E-state index contributed by atoms with van der Waals surface area (Å²) in [6, 6.07) is 15.7. The number of carbonyl (C=O) groups is 2. The minimum atomic E-state index is -0.931. The number of rotatable bonds is 5. The van der Waals surface area contributed by atoms with Gasteiger partial charge in [-0.05, 0) is 48.2 Å². The first-order chi connectivity index (χ1) is 17.5. The molecule has 9 heteroatoms. The van der Waals surface area contributed by atoms with Crippen LogP contribution in [0.2, 0.25) is 0 Å². The molecule has 0 radical (unpaired) electrons. The van der Waals surface area contributed by atoms with Crippen LogP contribution in [0, 0.1) is 0 Å². The third-order valence-electron chi connectivity index (χ3n) is 8.05. The number of halogens is 1. The zero-order valence-corrected chi connectivity index (χ0v) is 20.3. The zero-order chi connectivity index (χ0) is 24.7. The zero-order valence-electron chi connectivity index (χ0n) is 20.3. The normalized spacial score (nSPS) is 22.5. The van der Waals surface area contributed by atoms with E-state index < -0.39 is 6.17 Å². The Hall–Kier alpha value is -3.01. The Morgan fingerprint density at radius 2 is 1.78 bits per heavy atom. The fraction of sp³-hybridized carbons (Fsp3) is 0.481. The van der Waals surface area contributed by atoms with Crippen LogP contribution in [0.1, 0.15) is 40.2 Å². The molecule has 0 bridgehead atoms. The van der Waals surface area contributed by atoms with Crippen molar-refractivity contribution < 1.29 is 18.7 Å². The third kappa shape index (κ3) is 4.25. The van der Waals surface area contributed by atoms with Gasteiger partial charge in [-0.25, -0.2) is 9.18 Å². The molecule has 2 N–H and O–H groups in total. The fourth-order valence-electron chi connectivity index (χ4n) is 5.80. The number of hydrogen-bond donors (Lipinski definition) is 2. The molecule has 1 spiro atoms. The summed E-state index contributed by atoms with van der Waals surface area (Å²) in [5.74, 6) is 0.266. The lowest BCUT2D eigenvalue weighted by Crippen LogP contribution is -2.51. The Labute approximate surface area is 210 Å². The van der Waals surface area contributed by atoms with Gasteiger partial charge in [-0.3, -0.25) is 20.5 Å². The molecule has 4 heterocycles. The number of urea groups is 1. The molecule has 3 amide bonds. The highest BCUT2D eigenvalue weighted by molar-refractivity contribution is 5.96. The Bertz CT molecular complexity index is 1120. The van der Waals surface area contributed by atoms with Crippen molar-refractivity contribution in [3.05, 3.63) is 65.2 Å². The molecule has 2 aromatic rings. The van der Waals surface area contributed by atoms with Crippen LogP contribution in [0.3, 0.4) is 0 Å². The van der Waals surface area contributed by atoms with Gasteiger partial charge < -0.3 is 14.5 Å². The number of hydrazine groups is 1. The van der Waals surface area contributed by atoms with E-state index in [1.807, 2.05) is 40.1 Å².